The van der Waals surface area contributed by atoms with Crippen LogP contribution in [0.25, 0.3) is 0 Å². The molecule has 2 nitrogen and oxygen atoms in total. The van der Waals surface area contributed by atoms with Crippen molar-refractivity contribution in [2.45, 2.75) is 12.8 Å². The molecule has 2 aromatic heterocycles. The number of pyridine rings is 1. The normalized spacial score (nSPS) is 10.3. The van der Waals surface area contributed by atoms with Gasteiger partial charge in [0.15, 0.2) is 0 Å². The van der Waals surface area contributed by atoms with Gasteiger partial charge in [0.05, 0.1) is 0 Å². The Bertz CT molecular complexity index is 395. The number of anilines is 1. The first-order valence-electron chi connectivity index (χ1n) is 4.58. The van der Waals surface area contributed by atoms with E-state index >= 15 is 0 Å². The Kier molecular flexibility index (Phi) is 2.79. The predicted molar refractivity (Wildman–Crippen MR) is 60.4 cm³/mol. The van der Waals surface area contributed by atoms with Crippen molar-refractivity contribution in [2.75, 3.05) is 5.73 Å². The highest BCUT2D eigenvalue weighted by atomic mass is 32.1. The number of thiophene rings is 1. The van der Waals surface area contributed by atoms with Crippen molar-refractivity contribution in [3.05, 3.63) is 46.3 Å². The zero-order chi connectivity index (χ0) is 9.80. The summed E-state index contributed by atoms with van der Waals surface area (Å²) < 4.78 is 0. The second-order valence-corrected chi connectivity index (χ2v) is 4.16. The Morgan fingerprint density at radius 2 is 2.14 bits per heavy atom. The van der Waals surface area contributed by atoms with Gasteiger partial charge < -0.3 is 5.73 Å². The van der Waals surface area contributed by atoms with Gasteiger partial charge in [-0.3, -0.25) is 0 Å². The Labute approximate surface area is 87.4 Å². The summed E-state index contributed by atoms with van der Waals surface area (Å²) in [6.07, 6.45) is 3.75. The molecule has 2 rings (SSSR count). The Balaban J connectivity index is 2.02. The number of hydrogen-bond donors (Lipinski definition) is 1. The smallest absolute Gasteiger partial charge is 0.126 e. The molecule has 2 aromatic rings. The quantitative estimate of drug-likeness (QED) is 0.834. The second kappa shape index (κ2) is 4.24. The first-order valence-corrected chi connectivity index (χ1v) is 5.46. The van der Waals surface area contributed by atoms with Crippen LogP contribution in [0, 0.1) is 0 Å². The number of aromatic nitrogens is 1. The van der Waals surface area contributed by atoms with E-state index in [2.05, 4.69) is 22.5 Å². The lowest BCUT2D eigenvalue weighted by atomic mass is 10.1. The van der Waals surface area contributed by atoms with Crippen LogP contribution in [0.1, 0.15) is 10.4 Å². The molecule has 2 N–H and O–H groups in total. The average molecular weight is 204 g/mol. The first-order chi connectivity index (χ1) is 6.86. The summed E-state index contributed by atoms with van der Waals surface area (Å²) in [6.45, 7) is 0. The molecule has 0 atom stereocenters. The van der Waals surface area contributed by atoms with E-state index in [0.717, 1.165) is 18.4 Å². The molecule has 0 saturated carbocycles. The summed E-state index contributed by atoms with van der Waals surface area (Å²) in [4.78, 5) is 5.46. The van der Waals surface area contributed by atoms with Gasteiger partial charge in [-0.15, -0.1) is 11.3 Å². The zero-order valence-corrected chi connectivity index (χ0v) is 8.63. The van der Waals surface area contributed by atoms with Crippen molar-refractivity contribution in [1.29, 1.82) is 0 Å². The maximum Gasteiger partial charge on any atom is 0.126 e. The van der Waals surface area contributed by atoms with Crippen LogP contribution < -0.4 is 5.73 Å². The Hall–Kier alpha value is -1.35. The largest absolute Gasteiger partial charge is 0.383 e. The van der Waals surface area contributed by atoms with Gasteiger partial charge in [-0.1, -0.05) is 12.1 Å². The van der Waals surface area contributed by atoms with Gasteiger partial charge in [0.1, 0.15) is 5.82 Å². The maximum atomic E-state index is 5.75. The molecule has 0 fully saturated rings. The van der Waals surface area contributed by atoms with Crippen molar-refractivity contribution >= 4 is 17.2 Å². The minimum Gasteiger partial charge on any atom is -0.383 e. The van der Waals surface area contributed by atoms with E-state index in [-0.39, 0.29) is 0 Å². The standard InChI is InChI=1S/C11H12N2S/c12-11-9(3-1-7-13-11)5-6-10-4-2-8-14-10/h1-4,7-8H,5-6H2,(H2,12,13). The lowest BCUT2D eigenvalue weighted by molar-refractivity contribution is 0.974. The van der Waals surface area contributed by atoms with Crippen molar-refractivity contribution in [3.63, 3.8) is 0 Å². The fourth-order valence-corrected chi connectivity index (χ4v) is 2.08. The van der Waals surface area contributed by atoms with E-state index in [0.29, 0.717) is 5.82 Å². The summed E-state index contributed by atoms with van der Waals surface area (Å²) in [7, 11) is 0. The monoisotopic (exact) mass is 204 g/mol. The fourth-order valence-electron chi connectivity index (χ4n) is 1.37. The molecule has 14 heavy (non-hydrogen) atoms. The number of nitrogen functional groups attached to an aromatic ring is 1. The lowest BCUT2D eigenvalue weighted by Crippen LogP contribution is -1.98. The van der Waals surface area contributed by atoms with E-state index in [9.17, 15) is 0 Å². The van der Waals surface area contributed by atoms with Crippen LogP contribution >= 0.6 is 11.3 Å². The van der Waals surface area contributed by atoms with Crippen molar-refractivity contribution in [2.24, 2.45) is 0 Å². The summed E-state index contributed by atoms with van der Waals surface area (Å²) in [5.74, 6) is 0.657. The number of rotatable bonds is 3. The van der Waals surface area contributed by atoms with E-state index in [1.807, 2.05) is 12.1 Å². The van der Waals surface area contributed by atoms with Gasteiger partial charge in [-0.05, 0) is 35.9 Å². The first kappa shape index (κ1) is 9.21. The van der Waals surface area contributed by atoms with Crippen molar-refractivity contribution < 1.29 is 0 Å². The van der Waals surface area contributed by atoms with Crippen molar-refractivity contribution in [3.8, 4) is 0 Å². The summed E-state index contributed by atoms with van der Waals surface area (Å²) in [5, 5.41) is 2.10. The van der Waals surface area contributed by atoms with Gasteiger partial charge >= 0.3 is 0 Å². The summed E-state index contributed by atoms with van der Waals surface area (Å²) >= 11 is 1.79. The van der Waals surface area contributed by atoms with E-state index in [1.165, 1.54) is 4.88 Å². The topological polar surface area (TPSA) is 38.9 Å². The summed E-state index contributed by atoms with van der Waals surface area (Å²) in [6, 6.07) is 8.19. The van der Waals surface area contributed by atoms with Gasteiger partial charge in [-0.2, -0.15) is 0 Å². The maximum absolute atomic E-state index is 5.75. The highest BCUT2D eigenvalue weighted by molar-refractivity contribution is 7.09. The zero-order valence-electron chi connectivity index (χ0n) is 7.81. The van der Waals surface area contributed by atoms with Crippen LogP contribution in [0.2, 0.25) is 0 Å². The van der Waals surface area contributed by atoms with Gasteiger partial charge in [0.25, 0.3) is 0 Å². The molecule has 0 aliphatic heterocycles. The molecule has 0 saturated heterocycles. The molecule has 0 unspecified atom stereocenters. The number of nitrogens with two attached hydrogens (primary N) is 1. The van der Waals surface area contributed by atoms with Gasteiger partial charge in [0.2, 0.25) is 0 Å². The Morgan fingerprint density at radius 3 is 2.86 bits per heavy atom. The molecule has 3 heteroatoms. The minimum atomic E-state index is 0.657. The molecule has 0 bridgehead atoms. The SMILES string of the molecule is Nc1ncccc1CCc1cccs1. The van der Waals surface area contributed by atoms with Gasteiger partial charge in [-0.25, -0.2) is 4.98 Å². The number of nitrogens with zero attached hydrogens (tertiary/aromatic N) is 1. The molecule has 0 aliphatic rings. The summed E-state index contributed by atoms with van der Waals surface area (Å²) in [5.41, 5.74) is 6.89. The van der Waals surface area contributed by atoms with Crippen LogP contribution in [0.5, 0.6) is 0 Å². The van der Waals surface area contributed by atoms with Gasteiger partial charge in [0, 0.05) is 11.1 Å². The molecule has 2 heterocycles. The molecular weight excluding hydrogens is 192 g/mol. The average Bonchev–Trinajstić information content (AvgIpc) is 2.69. The molecule has 0 aromatic carbocycles. The number of aryl methyl sites for hydroxylation is 2. The third kappa shape index (κ3) is 2.12. The van der Waals surface area contributed by atoms with E-state index in [4.69, 9.17) is 5.73 Å². The van der Waals surface area contributed by atoms with E-state index in [1.54, 1.807) is 17.5 Å². The molecule has 72 valence electrons. The highest BCUT2D eigenvalue weighted by Crippen LogP contribution is 2.14. The molecule has 0 amide bonds. The van der Waals surface area contributed by atoms with Crippen LogP contribution in [-0.4, -0.2) is 4.98 Å². The highest BCUT2D eigenvalue weighted by Gasteiger charge is 2.00. The van der Waals surface area contributed by atoms with Crippen LogP contribution in [0.4, 0.5) is 5.82 Å². The molecule has 0 radical (unpaired) electrons. The Morgan fingerprint density at radius 1 is 1.21 bits per heavy atom. The molecule has 0 aliphatic carbocycles. The molecular formula is C11H12N2S. The predicted octanol–water partition coefficient (Wildman–Crippen LogP) is 2.51. The third-order valence-electron chi connectivity index (χ3n) is 2.15. The van der Waals surface area contributed by atoms with Crippen LogP contribution in [-0.2, 0) is 12.8 Å². The third-order valence-corrected chi connectivity index (χ3v) is 3.08. The fraction of sp³-hybridized carbons (Fsp3) is 0.182. The van der Waals surface area contributed by atoms with Crippen LogP contribution in [0.3, 0.4) is 0 Å². The van der Waals surface area contributed by atoms with E-state index < -0.39 is 0 Å². The lowest BCUT2D eigenvalue weighted by Gasteiger charge is -2.02. The second-order valence-electron chi connectivity index (χ2n) is 3.13. The number of hydrogen-bond acceptors (Lipinski definition) is 3. The molecule has 0 spiro atoms. The minimum absolute atomic E-state index is 0.657. The van der Waals surface area contributed by atoms with Crippen LogP contribution in [0.15, 0.2) is 35.8 Å². The van der Waals surface area contributed by atoms with Crippen molar-refractivity contribution in [1.82, 2.24) is 4.98 Å².